The zero-order valence-corrected chi connectivity index (χ0v) is 17.3. The quantitative estimate of drug-likeness (QED) is 0.741. The Morgan fingerprint density at radius 1 is 1.00 bits per heavy atom. The summed E-state index contributed by atoms with van der Waals surface area (Å²) >= 11 is 1.38. The highest BCUT2D eigenvalue weighted by Gasteiger charge is 2.31. The van der Waals surface area contributed by atoms with Crippen molar-refractivity contribution in [2.75, 3.05) is 26.2 Å². The van der Waals surface area contributed by atoms with Gasteiger partial charge in [0.25, 0.3) is 5.91 Å². The van der Waals surface area contributed by atoms with Crippen LogP contribution in [0.1, 0.15) is 45.4 Å². The fourth-order valence-electron chi connectivity index (χ4n) is 3.61. The number of hydrogen-bond acceptors (Lipinski definition) is 5. The molecule has 1 aromatic carbocycles. The maximum atomic E-state index is 13.1. The molecule has 1 N–H and O–H groups in total. The highest BCUT2D eigenvalue weighted by Crippen LogP contribution is 2.21. The molecule has 2 fully saturated rings. The first-order valence-electron chi connectivity index (χ1n) is 10.1. The van der Waals surface area contributed by atoms with Gasteiger partial charge in [0.05, 0.1) is 16.5 Å². The average Bonchev–Trinajstić information content (AvgIpc) is 3.40. The summed E-state index contributed by atoms with van der Waals surface area (Å²) in [5.74, 6) is -0.174. The fourth-order valence-corrected chi connectivity index (χ4v) is 4.28. The maximum absolute atomic E-state index is 13.1. The minimum atomic E-state index is -0.194. The molecule has 2 aromatic rings. The van der Waals surface area contributed by atoms with E-state index in [0.717, 1.165) is 12.8 Å². The second kappa shape index (κ2) is 8.47. The molecule has 1 saturated carbocycles. The van der Waals surface area contributed by atoms with Crippen molar-refractivity contribution >= 4 is 28.9 Å². The highest BCUT2D eigenvalue weighted by molar-refractivity contribution is 7.12. The number of carbonyl (C=O) groups excluding carboxylic acids is 3. The number of ketones is 1. The van der Waals surface area contributed by atoms with E-state index in [1.165, 1.54) is 11.3 Å². The number of piperazine rings is 1. The third-order valence-corrected chi connectivity index (χ3v) is 6.47. The van der Waals surface area contributed by atoms with Crippen molar-refractivity contribution in [1.82, 2.24) is 15.1 Å². The van der Waals surface area contributed by atoms with Gasteiger partial charge in [-0.2, -0.15) is 0 Å². The van der Waals surface area contributed by atoms with Crippen LogP contribution in [0.25, 0.3) is 0 Å². The zero-order chi connectivity index (χ0) is 20.4. The van der Waals surface area contributed by atoms with E-state index in [1.807, 2.05) is 18.4 Å². The molecule has 152 valence electrons. The SMILES string of the molecule is CC(C(=O)NC1CC1)N1CCN(C(=O)c2ccccc2C(=O)c2cccs2)CC1. The van der Waals surface area contributed by atoms with E-state index in [2.05, 4.69) is 10.2 Å². The Labute approximate surface area is 174 Å². The Morgan fingerprint density at radius 3 is 2.31 bits per heavy atom. The van der Waals surface area contributed by atoms with Crippen molar-refractivity contribution in [1.29, 1.82) is 0 Å². The molecule has 4 rings (SSSR count). The van der Waals surface area contributed by atoms with Crippen LogP contribution in [0.15, 0.2) is 41.8 Å². The number of rotatable bonds is 6. The van der Waals surface area contributed by atoms with E-state index in [4.69, 9.17) is 0 Å². The van der Waals surface area contributed by atoms with Crippen molar-refractivity contribution in [3.63, 3.8) is 0 Å². The Balaban J connectivity index is 1.41. The normalized spacial score (nSPS) is 18.3. The maximum Gasteiger partial charge on any atom is 0.254 e. The Morgan fingerprint density at radius 2 is 1.69 bits per heavy atom. The van der Waals surface area contributed by atoms with Crippen molar-refractivity contribution in [3.05, 3.63) is 57.8 Å². The van der Waals surface area contributed by atoms with Gasteiger partial charge in [-0.25, -0.2) is 0 Å². The monoisotopic (exact) mass is 411 g/mol. The summed E-state index contributed by atoms with van der Waals surface area (Å²) in [5, 5.41) is 4.90. The van der Waals surface area contributed by atoms with Gasteiger partial charge < -0.3 is 10.2 Å². The predicted octanol–water partition coefficient (Wildman–Crippen LogP) is 2.40. The summed E-state index contributed by atoms with van der Waals surface area (Å²) in [6, 6.07) is 10.8. The second-order valence-corrected chi connectivity index (χ2v) is 8.59. The molecule has 2 amide bonds. The number of nitrogens with zero attached hydrogens (tertiary/aromatic N) is 2. The lowest BCUT2D eigenvalue weighted by Crippen LogP contribution is -2.55. The van der Waals surface area contributed by atoms with Gasteiger partial charge in [-0.1, -0.05) is 24.3 Å². The van der Waals surface area contributed by atoms with Crippen LogP contribution in [-0.4, -0.2) is 65.7 Å². The van der Waals surface area contributed by atoms with Crippen LogP contribution >= 0.6 is 11.3 Å². The van der Waals surface area contributed by atoms with Crippen LogP contribution in [0.2, 0.25) is 0 Å². The van der Waals surface area contributed by atoms with Crippen LogP contribution in [0.5, 0.6) is 0 Å². The number of amides is 2. The molecule has 6 nitrogen and oxygen atoms in total. The van der Waals surface area contributed by atoms with E-state index in [-0.39, 0.29) is 23.6 Å². The standard InChI is InChI=1S/C22H25N3O3S/c1-15(21(27)23-16-8-9-16)24-10-12-25(13-11-24)22(28)18-6-3-2-5-17(18)20(26)19-7-4-14-29-19/h2-7,14-16H,8-13H2,1H3,(H,23,27). The van der Waals surface area contributed by atoms with Crippen LogP contribution < -0.4 is 5.32 Å². The van der Waals surface area contributed by atoms with Gasteiger partial charge in [0, 0.05) is 37.8 Å². The summed E-state index contributed by atoms with van der Waals surface area (Å²) in [4.78, 5) is 42.8. The Kier molecular flexibility index (Phi) is 5.78. The third kappa shape index (κ3) is 4.41. The first-order chi connectivity index (χ1) is 14.0. The van der Waals surface area contributed by atoms with Crippen molar-refractivity contribution in [3.8, 4) is 0 Å². The predicted molar refractivity (Wildman–Crippen MR) is 112 cm³/mol. The number of carbonyl (C=O) groups is 3. The summed E-state index contributed by atoms with van der Waals surface area (Å²) in [5.41, 5.74) is 0.887. The number of benzene rings is 1. The number of hydrogen-bond donors (Lipinski definition) is 1. The minimum absolute atomic E-state index is 0.0687. The van der Waals surface area contributed by atoms with Crippen LogP contribution in [0, 0.1) is 0 Å². The average molecular weight is 412 g/mol. The minimum Gasteiger partial charge on any atom is -0.352 e. The summed E-state index contributed by atoms with van der Waals surface area (Å²) < 4.78 is 0. The van der Waals surface area contributed by atoms with Crippen molar-refractivity contribution in [2.45, 2.75) is 31.8 Å². The molecule has 1 unspecified atom stereocenters. The lowest BCUT2D eigenvalue weighted by atomic mass is 10.0. The second-order valence-electron chi connectivity index (χ2n) is 7.64. The van der Waals surface area contributed by atoms with Crippen LogP contribution in [0.3, 0.4) is 0 Å². The molecule has 0 spiro atoms. The van der Waals surface area contributed by atoms with E-state index in [9.17, 15) is 14.4 Å². The summed E-state index contributed by atoms with van der Waals surface area (Å²) in [7, 11) is 0. The highest BCUT2D eigenvalue weighted by atomic mass is 32.1. The number of thiophene rings is 1. The summed E-state index contributed by atoms with van der Waals surface area (Å²) in [6.07, 6.45) is 2.15. The third-order valence-electron chi connectivity index (χ3n) is 5.60. The van der Waals surface area contributed by atoms with Crippen LogP contribution in [0.4, 0.5) is 0 Å². The molecular weight excluding hydrogens is 386 g/mol. The molecule has 0 radical (unpaired) electrons. The molecule has 0 bridgehead atoms. The number of nitrogens with one attached hydrogen (secondary N) is 1. The molecular formula is C22H25N3O3S. The van der Waals surface area contributed by atoms with E-state index in [0.29, 0.717) is 48.2 Å². The molecule has 29 heavy (non-hydrogen) atoms. The lowest BCUT2D eigenvalue weighted by molar-refractivity contribution is -0.126. The van der Waals surface area contributed by atoms with Crippen LogP contribution in [-0.2, 0) is 4.79 Å². The van der Waals surface area contributed by atoms with E-state index < -0.39 is 0 Å². The molecule has 1 atom stereocenters. The summed E-state index contributed by atoms with van der Waals surface area (Å²) in [6.45, 7) is 4.30. The van der Waals surface area contributed by atoms with E-state index in [1.54, 1.807) is 35.2 Å². The molecule has 1 aromatic heterocycles. The Bertz CT molecular complexity index is 900. The molecule has 1 saturated heterocycles. The zero-order valence-electron chi connectivity index (χ0n) is 16.5. The molecule has 2 aliphatic rings. The largest absolute Gasteiger partial charge is 0.352 e. The topological polar surface area (TPSA) is 69.7 Å². The first-order valence-corrected chi connectivity index (χ1v) is 10.9. The molecule has 1 aliphatic heterocycles. The van der Waals surface area contributed by atoms with Gasteiger partial charge in [-0.3, -0.25) is 19.3 Å². The first kappa shape index (κ1) is 19.8. The molecule has 2 heterocycles. The molecule has 7 heteroatoms. The van der Waals surface area contributed by atoms with Gasteiger partial charge in [0.2, 0.25) is 11.7 Å². The van der Waals surface area contributed by atoms with Crippen molar-refractivity contribution in [2.24, 2.45) is 0 Å². The van der Waals surface area contributed by atoms with Gasteiger partial charge in [0.15, 0.2) is 0 Å². The van der Waals surface area contributed by atoms with Gasteiger partial charge in [0.1, 0.15) is 0 Å². The molecule has 1 aliphatic carbocycles. The van der Waals surface area contributed by atoms with Gasteiger partial charge in [-0.05, 0) is 37.3 Å². The fraction of sp³-hybridized carbons (Fsp3) is 0.409. The lowest BCUT2D eigenvalue weighted by Gasteiger charge is -2.37. The van der Waals surface area contributed by atoms with Crippen molar-refractivity contribution < 1.29 is 14.4 Å². The Hall–Kier alpha value is -2.51. The van der Waals surface area contributed by atoms with Gasteiger partial charge >= 0.3 is 0 Å². The van der Waals surface area contributed by atoms with E-state index >= 15 is 0 Å². The smallest absolute Gasteiger partial charge is 0.254 e. The van der Waals surface area contributed by atoms with Gasteiger partial charge in [-0.15, -0.1) is 11.3 Å².